The number of carbonyl (C=O) groups excluding carboxylic acids is 2. The van der Waals surface area contributed by atoms with E-state index in [4.69, 9.17) is 0 Å². The van der Waals surface area contributed by atoms with Crippen LogP contribution in [-0.4, -0.2) is 47.8 Å². The lowest BCUT2D eigenvalue weighted by molar-refractivity contribution is -0.130. The smallest absolute Gasteiger partial charge is 0.255 e. The Balaban J connectivity index is 1.61. The van der Waals surface area contributed by atoms with Crippen LogP contribution in [0.25, 0.3) is 0 Å². The molecule has 1 fully saturated rings. The first-order valence-corrected chi connectivity index (χ1v) is 9.66. The van der Waals surface area contributed by atoms with E-state index in [2.05, 4.69) is 15.9 Å². The molecule has 0 N–H and O–H groups in total. The van der Waals surface area contributed by atoms with E-state index in [0.717, 1.165) is 15.8 Å². The van der Waals surface area contributed by atoms with E-state index in [1.54, 1.807) is 11.3 Å². The van der Waals surface area contributed by atoms with Crippen LogP contribution >= 0.6 is 27.3 Å². The van der Waals surface area contributed by atoms with Gasteiger partial charge in [0.05, 0.1) is 12.0 Å². The Morgan fingerprint density at radius 2 is 1.75 bits per heavy atom. The molecule has 3 rings (SSSR count). The minimum absolute atomic E-state index is 0.0232. The van der Waals surface area contributed by atoms with E-state index >= 15 is 0 Å². The van der Waals surface area contributed by atoms with E-state index in [1.165, 1.54) is 0 Å². The van der Waals surface area contributed by atoms with Gasteiger partial charge in [-0.25, -0.2) is 0 Å². The van der Waals surface area contributed by atoms with Gasteiger partial charge in [0, 0.05) is 35.5 Å². The maximum Gasteiger partial charge on any atom is 0.255 e. The van der Waals surface area contributed by atoms with E-state index in [9.17, 15) is 9.59 Å². The molecule has 1 aromatic heterocycles. The number of benzene rings is 1. The molecule has 0 bridgehead atoms. The van der Waals surface area contributed by atoms with Crippen molar-refractivity contribution in [3.05, 3.63) is 56.7 Å². The number of hydrogen-bond donors (Lipinski definition) is 0. The molecule has 1 aliphatic rings. The number of hydrogen-bond acceptors (Lipinski definition) is 3. The standard InChI is InChI=1S/C18H19BrN2O2S/c19-16-7-2-1-6-15(16)18(23)21-9-4-8-20(10-11-21)17(22)13-14-5-3-12-24-14/h1-3,5-7,12H,4,8-11,13H2. The zero-order valence-corrected chi connectivity index (χ0v) is 15.7. The molecule has 0 spiro atoms. The molecular weight excluding hydrogens is 388 g/mol. The Morgan fingerprint density at radius 1 is 1.00 bits per heavy atom. The van der Waals surface area contributed by atoms with Gasteiger partial charge in [-0.1, -0.05) is 18.2 Å². The molecule has 4 nitrogen and oxygen atoms in total. The first-order chi connectivity index (χ1) is 11.6. The molecule has 1 aromatic carbocycles. The summed E-state index contributed by atoms with van der Waals surface area (Å²) < 4.78 is 0.810. The highest BCUT2D eigenvalue weighted by Gasteiger charge is 2.23. The summed E-state index contributed by atoms with van der Waals surface area (Å²) in [7, 11) is 0. The molecule has 6 heteroatoms. The number of thiophene rings is 1. The fraction of sp³-hybridized carbons (Fsp3) is 0.333. The van der Waals surface area contributed by atoms with E-state index < -0.39 is 0 Å². The van der Waals surface area contributed by atoms with Gasteiger partial charge in [-0.05, 0) is 45.9 Å². The van der Waals surface area contributed by atoms with Crippen LogP contribution in [0, 0.1) is 0 Å². The summed E-state index contributed by atoms with van der Waals surface area (Å²) >= 11 is 5.05. The number of amides is 2. The molecule has 2 heterocycles. The minimum atomic E-state index is 0.0232. The first-order valence-electron chi connectivity index (χ1n) is 7.99. The molecule has 2 aromatic rings. The van der Waals surface area contributed by atoms with Gasteiger partial charge in [0.1, 0.15) is 0 Å². The van der Waals surface area contributed by atoms with Gasteiger partial charge in [0.25, 0.3) is 5.91 Å². The van der Waals surface area contributed by atoms with Crippen molar-refractivity contribution in [3.63, 3.8) is 0 Å². The van der Waals surface area contributed by atoms with Crippen LogP contribution in [0.15, 0.2) is 46.3 Å². The van der Waals surface area contributed by atoms with E-state index in [0.29, 0.717) is 38.2 Å². The normalized spacial score (nSPS) is 15.2. The third kappa shape index (κ3) is 4.05. The number of rotatable bonds is 3. The molecular formula is C18H19BrN2O2S. The number of halogens is 1. The van der Waals surface area contributed by atoms with Crippen LogP contribution in [0.2, 0.25) is 0 Å². The zero-order valence-electron chi connectivity index (χ0n) is 13.3. The molecule has 0 unspecified atom stereocenters. The van der Waals surface area contributed by atoms with Gasteiger partial charge in [-0.2, -0.15) is 0 Å². The summed E-state index contributed by atoms with van der Waals surface area (Å²) in [5.41, 5.74) is 0.677. The topological polar surface area (TPSA) is 40.6 Å². The third-order valence-electron chi connectivity index (χ3n) is 4.15. The highest BCUT2D eigenvalue weighted by Crippen LogP contribution is 2.19. The zero-order chi connectivity index (χ0) is 16.9. The summed E-state index contributed by atoms with van der Waals surface area (Å²) in [5, 5.41) is 1.99. The molecule has 2 amide bonds. The Labute approximate surface area is 154 Å². The van der Waals surface area contributed by atoms with Crippen LogP contribution in [0.5, 0.6) is 0 Å². The van der Waals surface area contributed by atoms with Gasteiger partial charge in [-0.15, -0.1) is 11.3 Å². The van der Waals surface area contributed by atoms with Gasteiger partial charge in [-0.3, -0.25) is 9.59 Å². The lowest BCUT2D eigenvalue weighted by Gasteiger charge is -2.22. The van der Waals surface area contributed by atoms with Gasteiger partial charge < -0.3 is 9.80 Å². The Bertz CT molecular complexity index is 718. The average molecular weight is 407 g/mol. The first kappa shape index (κ1) is 17.2. The SMILES string of the molecule is O=C(Cc1cccs1)N1CCCN(C(=O)c2ccccc2Br)CC1. The predicted molar refractivity (Wildman–Crippen MR) is 99.3 cm³/mol. The fourth-order valence-corrected chi connectivity index (χ4v) is 4.00. The van der Waals surface area contributed by atoms with Crippen molar-refractivity contribution in [1.82, 2.24) is 9.80 Å². The monoisotopic (exact) mass is 406 g/mol. The van der Waals surface area contributed by atoms with Crippen molar-refractivity contribution in [1.29, 1.82) is 0 Å². The second-order valence-electron chi connectivity index (χ2n) is 5.76. The molecule has 1 saturated heterocycles. The van der Waals surface area contributed by atoms with Crippen LogP contribution in [0.3, 0.4) is 0 Å². The highest BCUT2D eigenvalue weighted by molar-refractivity contribution is 9.10. The Kier molecular flexibility index (Phi) is 5.68. The van der Waals surface area contributed by atoms with Crippen molar-refractivity contribution in [2.45, 2.75) is 12.8 Å². The predicted octanol–water partition coefficient (Wildman–Crippen LogP) is 3.43. The van der Waals surface area contributed by atoms with Gasteiger partial charge >= 0.3 is 0 Å². The molecule has 0 atom stereocenters. The molecule has 0 saturated carbocycles. The van der Waals surface area contributed by atoms with Crippen molar-refractivity contribution in [2.24, 2.45) is 0 Å². The van der Waals surface area contributed by atoms with Crippen molar-refractivity contribution in [2.75, 3.05) is 26.2 Å². The largest absolute Gasteiger partial charge is 0.341 e. The number of carbonyl (C=O) groups is 2. The van der Waals surface area contributed by atoms with Crippen LogP contribution in [0.4, 0.5) is 0 Å². The van der Waals surface area contributed by atoms with Crippen LogP contribution in [0.1, 0.15) is 21.7 Å². The minimum Gasteiger partial charge on any atom is -0.341 e. The quantitative estimate of drug-likeness (QED) is 0.783. The maximum absolute atomic E-state index is 12.7. The van der Waals surface area contributed by atoms with Crippen LogP contribution < -0.4 is 0 Å². The summed E-state index contributed by atoms with van der Waals surface area (Å²) in [4.78, 5) is 30.0. The second-order valence-corrected chi connectivity index (χ2v) is 7.65. The Morgan fingerprint density at radius 3 is 2.50 bits per heavy atom. The average Bonchev–Trinajstić information content (AvgIpc) is 2.96. The fourth-order valence-electron chi connectivity index (χ4n) is 2.85. The molecule has 1 aliphatic heterocycles. The summed E-state index contributed by atoms with van der Waals surface area (Å²) in [6, 6.07) is 11.4. The molecule has 0 aliphatic carbocycles. The summed E-state index contributed by atoms with van der Waals surface area (Å²) in [6.07, 6.45) is 1.27. The molecule has 0 radical (unpaired) electrons. The maximum atomic E-state index is 12.7. The van der Waals surface area contributed by atoms with Crippen molar-refractivity contribution in [3.8, 4) is 0 Å². The van der Waals surface area contributed by atoms with Gasteiger partial charge in [0.15, 0.2) is 0 Å². The van der Waals surface area contributed by atoms with Gasteiger partial charge in [0.2, 0.25) is 5.91 Å². The molecule has 126 valence electrons. The Hall–Kier alpha value is -1.66. The second kappa shape index (κ2) is 7.94. The summed E-state index contributed by atoms with van der Waals surface area (Å²) in [6.45, 7) is 2.57. The van der Waals surface area contributed by atoms with E-state index in [-0.39, 0.29) is 11.8 Å². The third-order valence-corrected chi connectivity index (χ3v) is 5.71. The van der Waals surface area contributed by atoms with Crippen LogP contribution in [-0.2, 0) is 11.2 Å². The van der Waals surface area contributed by atoms with Crippen molar-refractivity contribution < 1.29 is 9.59 Å². The molecule has 24 heavy (non-hydrogen) atoms. The highest BCUT2D eigenvalue weighted by atomic mass is 79.9. The lowest BCUT2D eigenvalue weighted by Crippen LogP contribution is -2.38. The summed E-state index contributed by atoms with van der Waals surface area (Å²) in [5.74, 6) is 0.169. The van der Waals surface area contributed by atoms with Crippen molar-refractivity contribution >= 4 is 39.1 Å². The van der Waals surface area contributed by atoms with E-state index in [1.807, 2.05) is 51.6 Å². The lowest BCUT2D eigenvalue weighted by atomic mass is 10.2. The number of nitrogens with zero attached hydrogens (tertiary/aromatic N) is 2.